The zero-order valence-corrected chi connectivity index (χ0v) is 16.6. The first kappa shape index (κ1) is 18.4. The Bertz CT molecular complexity index is 793. The molecule has 2 heterocycles. The third-order valence-electron chi connectivity index (χ3n) is 4.22. The lowest BCUT2D eigenvalue weighted by Gasteiger charge is -2.36. The van der Waals surface area contributed by atoms with E-state index >= 15 is 0 Å². The van der Waals surface area contributed by atoms with Gasteiger partial charge in [0.05, 0.1) is 6.67 Å². The number of rotatable bonds is 6. The second kappa shape index (κ2) is 8.31. The topological polar surface area (TPSA) is 36.3 Å². The predicted molar refractivity (Wildman–Crippen MR) is 110 cm³/mol. The summed E-state index contributed by atoms with van der Waals surface area (Å²) in [5.74, 6) is 0. The van der Waals surface area contributed by atoms with Crippen molar-refractivity contribution >= 4 is 46.0 Å². The molecule has 25 heavy (non-hydrogen) atoms. The maximum absolute atomic E-state index is 6.16. The zero-order valence-electron chi connectivity index (χ0n) is 14.2. The second-order valence-electron chi connectivity index (χ2n) is 6.02. The third kappa shape index (κ3) is 4.61. The number of benzene rings is 1. The Hall–Kier alpha value is -1.41. The van der Waals surface area contributed by atoms with Crippen LogP contribution >= 0.6 is 35.2 Å². The number of aromatic nitrogens is 2. The highest BCUT2D eigenvalue weighted by Gasteiger charge is 2.19. The summed E-state index contributed by atoms with van der Waals surface area (Å²) in [5.41, 5.74) is 2.49. The first-order valence-electron chi connectivity index (χ1n) is 8.23. The summed E-state index contributed by atoms with van der Waals surface area (Å²) in [6.07, 6.45) is 1.81. The lowest BCUT2D eigenvalue weighted by Crippen LogP contribution is -2.47. The van der Waals surface area contributed by atoms with E-state index in [-0.39, 0.29) is 0 Å². The van der Waals surface area contributed by atoms with Crippen molar-refractivity contribution in [2.24, 2.45) is 0 Å². The van der Waals surface area contributed by atoms with Crippen molar-refractivity contribution < 1.29 is 0 Å². The molecule has 1 aliphatic heterocycles. The number of nitrogens with one attached hydrogen (secondary N) is 1. The highest BCUT2D eigenvalue weighted by molar-refractivity contribution is 7.73. The molecule has 1 aromatic carbocycles. The van der Waals surface area contributed by atoms with Crippen LogP contribution in [0.3, 0.4) is 0 Å². The molecule has 8 heteroatoms. The Morgan fingerprint density at radius 2 is 2.12 bits per heavy atom. The van der Waals surface area contributed by atoms with Gasteiger partial charge in [0.1, 0.15) is 0 Å². The third-order valence-corrected chi connectivity index (χ3v) is 5.72. The summed E-state index contributed by atoms with van der Waals surface area (Å²) >= 11 is 13.1. The highest BCUT2D eigenvalue weighted by Crippen LogP contribution is 2.25. The van der Waals surface area contributed by atoms with E-state index in [1.165, 1.54) is 22.6 Å². The molecule has 1 fully saturated rings. The van der Waals surface area contributed by atoms with Gasteiger partial charge in [-0.25, -0.2) is 4.68 Å². The van der Waals surface area contributed by atoms with Crippen LogP contribution in [-0.4, -0.2) is 47.4 Å². The van der Waals surface area contributed by atoms with Crippen molar-refractivity contribution in [3.05, 3.63) is 45.4 Å². The summed E-state index contributed by atoms with van der Waals surface area (Å²) < 4.78 is 2.69. The Morgan fingerprint density at radius 1 is 1.36 bits per heavy atom. The van der Waals surface area contributed by atoms with Gasteiger partial charge in [0.25, 0.3) is 0 Å². The van der Waals surface area contributed by atoms with Crippen molar-refractivity contribution in [3.8, 4) is 0 Å². The summed E-state index contributed by atoms with van der Waals surface area (Å²) in [5, 5.41) is 9.37. The fourth-order valence-electron chi connectivity index (χ4n) is 2.87. The molecule has 0 spiro atoms. The molecule has 1 saturated heterocycles. The van der Waals surface area contributed by atoms with E-state index < -0.39 is 0 Å². The normalized spacial score (nSPS) is 15.4. The molecule has 0 saturated carbocycles. The van der Waals surface area contributed by atoms with E-state index in [0.717, 1.165) is 47.0 Å². The van der Waals surface area contributed by atoms with E-state index in [1.807, 2.05) is 16.8 Å². The molecule has 0 radical (unpaired) electrons. The van der Waals surface area contributed by atoms with Crippen LogP contribution in [0.5, 0.6) is 0 Å². The maximum Gasteiger partial charge on any atom is 0.204 e. The monoisotopic (exact) mass is 395 g/mol. The van der Waals surface area contributed by atoms with Crippen molar-refractivity contribution in [3.63, 3.8) is 0 Å². The van der Waals surface area contributed by atoms with Crippen molar-refractivity contribution in [2.75, 3.05) is 42.9 Å². The molecule has 0 bridgehead atoms. The maximum atomic E-state index is 6.16. The van der Waals surface area contributed by atoms with Crippen molar-refractivity contribution in [1.82, 2.24) is 14.7 Å². The summed E-state index contributed by atoms with van der Waals surface area (Å²) in [4.78, 5) is 4.78. The van der Waals surface area contributed by atoms with Crippen LogP contribution < -0.4 is 10.2 Å². The Labute approximate surface area is 162 Å². The van der Waals surface area contributed by atoms with E-state index in [1.54, 1.807) is 0 Å². The first-order chi connectivity index (χ1) is 12.1. The van der Waals surface area contributed by atoms with Crippen molar-refractivity contribution in [2.45, 2.75) is 13.6 Å². The Balaban J connectivity index is 1.59. The smallest absolute Gasteiger partial charge is 0.204 e. The fraction of sp³-hybridized carbons (Fsp3) is 0.412. The van der Waals surface area contributed by atoms with Gasteiger partial charge in [0, 0.05) is 43.4 Å². The second-order valence-corrected chi connectivity index (χ2v) is 8.08. The quantitative estimate of drug-likeness (QED) is 0.590. The molecular formula is C17H22ClN5S2. The Kier molecular flexibility index (Phi) is 6.11. The molecule has 0 amide bonds. The van der Waals surface area contributed by atoms with Gasteiger partial charge < -0.3 is 10.2 Å². The van der Waals surface area contributed by atoms with E-state index in [2.05, 4.69) is 45.9 Å². The number of hydrogen-bond acceptors (Lipinski definition) is 6. The number of piperazine rings is 1. The number of halogens is 1. The zero-order chi connectivity index (χ0) is 17.8. The van der Waals surface area contributed by atoms with Gasteiger partial charge in [-0.1, -0.05) is 35.1 Å². The number of aryl methyl sites for hydroxylation is 1. The van der Waals surface area contributed by atoms with Gasteiger partial charge in [-0.05, 0) is 36.8 Å². The summed E-state index contributed by atoms with van der Waals surface area (Å²) in [6, 6.07) is 6.08. The average molecular weight is 396 g/mol. The Morgan fingerprint density at radius 3 is 2.84 bits per heavy atom. The summed E-state index contributed by atoms with van der Waals surface area (Å²) in [6.45, 7) is 11.1. The lowest BCUT2D eigenvalue weighted by atomic mass is 10.1. The van der Waals surface area contributed by atoms with Gasteiger partial charge in [0.2, 0.25) is 5.13 Å². The van der Waals surface area contributed by atoms with Gasteiger partial charge in [-0.2, -0.15) is 0 Å². The minimum Gasteiger partial charge on any atom is -0.369 e. The van der Waals surface area contributed by atoms with Crippen LogP contribution in [0.4, 0.5) is 10.8 Å². The van der Waals surface area contributed by atoms with Gasteiger partial charge in [-0.3, -0.25) is 4.90 Å². The van der Waals surface area contributed by atoms with Crippen LogP contribution in [-0.2, 0) is 6.67 Å². The molecule has 5 nitrogen and oxygen atoms in total. The molecule has 0 aliphatic carbocycles. The molecule has 134 valence electrons. The lowest BCUT2D eigenvalue weighted by molar-refractivity contribution is 0.195. The van der Waals surface area contributed by atoms with Gasteiger partial charge >= 0.3 is 0 Å². The largest absolute Gasteiger partial charge is 0.369 e. The van der Waals surface area contributed by atoms with Crippen molar-refractivity contribution in [1.29, 1.82) is 0 Å². The minimum atomic E-state index is 0.694. The molecule has 0 unspecified atom stereocenters. The van der Waals surface area contributed by atoms with Crippen LogP contribution in [0.15, 0.2) is 30.9 Å². The molecule has 1 aliphatic rings. The number of hydrogen-bond donors (Lipinski definition) is 1. The first-order valence-corrected chi connectivity index (χ1v) is 9.83. The predicted octanol–water partition coefficient (Wildman–Crippen LogP) is 4.01. The summed E-state index contributed by atoms with van der Waals surface area (Å²) in [7, 11) is 0. The molecule has 0 atom stereocenters. The molecule has 1 N–H and O–H groups in total. The van der Waals surface area contributed by atoms with Gasteiger partial charge in [0.15, 0.2) is 3.95 Å². The van der Waals surface area contributed by atoms with E-state index in [0.29, 0.717) is 6.54 Å². The molecule has 2 aromatic rings. The minimum absolute atomic E-state index is 0.694. The van der Waals surface area contributed by atoms with Crippen LogP contribution in [0.1, 0.15) is 5.56 Å². The number of nitrogens with zero attached hydrogens (tertiary/aromatic N) is 4. The fourth-order valence-corrected chi connectivity index (χ4v) is 4.04. The van der Waals surface area contributed by atoms with E-state index in [9.17, 15) is 0 Å². The standard InChI is InChI=1S/C17H22ClN5S2/c1-3-6-19-16-20-23(17(24)25-16)12-21-7-9-22(10-8-21)15-11-14(18)5-4-13(15)2/h3-5,11H,1,6-10,12H2,2H3,(H,19,20). The molecule has 3 rings (SSSR count). The SMILES string of the molecule is C=CCNc1nn(CN2CCN(c3cc(Cl)ccc3C)CC2)c(=S)s1. The average Bonchev–Trinajstić information content (AvgIpc) is 2.95. The number of anilines is 2. The van der Waals surface area contributed by atoms with Gasteiger partial charge in [-0.15, -0.1) is 11.7 Å². The molecule has 1 aromatic heterocycles. The van der Waals surface area contributed by atoms with Crippen LogP contribution in [0.25, 0.3) is 0 Å². The van der Waals surface area contributed by atoms with E-state index in [4.69, 9.17) is 23.8 Å². The van der Waals surface area contributed by atoms with Crippen LogP contribution in [0, 0.1) is 10.9 Å². The molecular weight excluding hydrogens is 374 g/mol. The van der Waals surface area contributed by atoms with Crippen LogP contribution in [0.2, 0.25) is 5.02 Å². The highest BCUT2D eigenvalue weighted by atomic mass is 35.5.